The third-order valence-electron chi connectivity index (χ3n) is 6.16. The third-order valence-corrected chi connectivity index (χ3v) is 6.16. The van der Waals surface area contributed by atoms with Gasteiger partial charge in [-0.1, -0.05) is 56.3 Å². The van der Waals surface area contributed by atoms with E-state index in [1.54, 1.807) is 24.0 Å². The number of nitrogens with zero attached hydrogens (tertiary/aromatic N) is 1. The van der Waals surface area contributed by atoms with Crippen LogP contribution in [0.5, 0.6) is 0 Å². The number of likely N-dealkylation sites (tertiary alicyclic amines) is 1. The average Bonchev–Trinajstić information content (AvgIpc) is 2.83. The lowest BCUT2D eigenvalue weighted by atomic mass is 9.94. The highest BCUT2D eigenvalue weighted by Crippen LogP contribution is 2.23. The summed E-state index contributed by atoms with van der Waals surface area (Å²) in [5.41, 5.74) is 2.03. The Bertz CT molecular complexity index is 1000. The SMILES string of the molecule is Cc1ccc(CNC(=O)C2CCN(C(=O)C(NC(=O)CC(C)C)c3ccccc3)CC2)cc1F. The van der Waals surface area contributed by atoms with Gasteiger partial charge in [0.2, 0.25) is 17.7 Å². The second kappa shape index (κ2) is 11.8. The van der Waals surface area contributed by atoms with E-state index in [9.17, 15) is 18.8 Å². The van der Waals surface area contributed by atoms with E-state index in [0.717, 1.165) is 5.56 Å². The summed E-state index contributed by atoms with van der Waals surface area (Å²) in [7, 11) is 0. The highest BCUT2D eigenvalue weighted by Gasteiger charge is 2.32. The average molecular weight is 468 g/mol. The molecular formula is C27H34FN3O3. The predicted molar refractivity (Wildman–Crippen MR) is 129 cm³/mol. The van der Waals surface area contributed by atoms with Gasteiger partial charge in [-0.05, 0) is 48.4 Å². The second-order valence-corrected chi connectivity index (χ2v) is 9.41. The number of piperidine rings is 1. The fraction of sp³-hybridized carbons (Fsp3) is 0.444. The van der Waals surface area contributed by atoms with Crippen LogP contribution in [0.3, 0.4) is 0 Å². The molecule has 2 aromatic carbocycles. The number of amides is 3. The van der Waals surface area contributed by atoms with Crippen LogP contribution in [0.1, 0.15) is 55.8 Å². The van der Waals surface area contributed by atoms with Gasteiger partial charge in [-0.15, -0.1) is 0 Å². The topological polar surface area (TPSA) is 78.5 Å². The zero-order valence-electron chi connectivity index (χ0n) is 20.1. The Morgan fingerprint density at radius 1 is 1.06 bits per heavy atom. The Morgan fingerprint density at radius 2 is 1.74 bits per heavy atom. The lowest BCUT2D eigenvalue weighted by molar-refractivity contribution is -0.139. The fourth-order valence-corrected chi connectivity index (χ4v) is 4.15. The molecule has 34 heavy (non-hydrogen) atoms. The molecular weight excluding hydrogens is 433 g/mol. The molecule has 1 fully saturated rings. The van der Waals surface area contributed by atoms with Crippen molar-refractivity contribution in [2.75, 3.05) is 13.1 Å². The second-order valence-electron chi connectivity index (χ2n) is 9.41. The van der Waals surface area contributed by atoms with Gasteiger partial charge < -0.3 is 15.5 Å². The minimum absolute atomic E-state index is 0.0853. The first-order valence-electron chi connectivity index (χ1n) is 11.9. The first-order chi connectivity index (χ1) is 16.2. The van der Waals surface area contributed by atoms with Gasteiger partial charge in [-0.25, -0.2) is 4.39 Å². The molecule has 7 heteroatoms. The molecule has 2 aromatic rings. The van der Waals surface area contributed by atoms with Gasteiger partial charge in [-0.2, -0.15) is 0 Å². The van der Waals surface area contributed by atoms with Crippen LogP contribution in [-0.4, -0.2) is 35.7 Å². The molecule has 1 aliphatic heterocycles. The van der Waals surface area contributed by atoms with Crippen LogP contribution in [0.2, 0.25) is 0 Å². The molecule has 1 heterocycles. The summed E-state index contributed by atoms with van der Waals surface area (Å²) < 4.78 is 13.7. The van der Waals surface area contributed by atoms with E-state index in [4.69, 9.17) is 0 Å². The normalized spacial score (nSPS) is 15.1. The van der Waals surface area contributed by atoms with Crippen molar-refractivity contribution in [2.45, 2.75) is 52.6 Å². The number of hydrogen-bond acceptors (Lipinski definition) is 3. The highest BCUT2D eigenvalue weighted by molar-refractivity contribution is 5.89. The number of nitrogens with one attached hydrogen (secondary N) is 2. The van der Waals surface area contributed by atoms with Crippen molar-refractivity contribution >= 4 is 17.7 Å². The molecule has 0 spiro atoms. The molecule has 0 saturated carbocycles. The lowest BCUT2D eigenvalue weighted by Gasteiger charge is -2.34. The van der Waals surface area contributed by atoms with Gasteiger partial charge >= 0.3 is 0 Å². The number of aryl methyl sites for hydroxylation is 1. The number of carbonyl (C=O) groups is 3. The maximum Gasteiger partial charge on any atom is 0.249 e. The molecule has 0 radical (unpaired) electrons. The van der Waals surface area contributed by atoms with Gasteiger partial charge in [0.15, 0.2) is 0 Å². The maximum absolute atomic E-state index is 13.7. The van der Waals surface area contributed by atoms with Crippen LogP contribution in [0.15, 0.2) is 48.5 Å². The number of carbonyl (C=O) groups excluding carboxylic acids is 3. The van der Waals surface area contributed by atoms with Crippen LogP contribution in [-0.2, 0) is 20.9 Å². The minimum Gasteiger partial charge on any atom is -0.352 e. The van der Waals surface area contributed by atoms with Crippen LogP contribution in [0, 0.1) is 24.6 Å². The summed E-state index contributed by atoms with van der Waals surface area (Å²) in [6, 6.07) is 13.4. The van der Waals surface area contributed by atoms with Gasteiger partial charge in [0.25, 0.3) is 0 Å². The van der Waals surface area contributed by atoms with Gasteiger partial charge in [-0.3, -0.25) is 14.4 Å². The van der Waals surface area contributed by atoms with E-state index in [1.807, 2.05) is 44.2 Å². The summed E-state index contributed by atoms with van der Waals surface area (Å²) in [6.07, 6.45) is 1.44. The molecule has 1 aliphatic rings. The van der Waals surface area contributed by atoms with Crippen LogP contribution in [0.25, 0.3) is 0 Å². The van der Waals surface area contributed by atoms with E-state index in [-0.39, 0.29) is 41.9 Å². The number of rotatable bonds is 8. The summed E-state index contributed by atoms with van der Waals surface area (Å²) in [4.78, 5) is 40.1. The summed E-state index contributed by atoms with van der Waals surface area (Å²) in [5.74, 6) is -0.691. The molecule has 0 aromatic heterocycles. The first-order valence-corrected chi connectivity index (χ1v) is 11.9. The van der Waals surface area contributed by atoms with Crippen molar-refractivity contribution in [3.8, 4) is 0 Å². The van der Waals surface area contributed by atoms with Gasteiger partial charge in [0.05, 0.1) is 0 Å². The third kappa shape index (κ3) is 6.89. The Labute approximate surface area is 200 Å². The highest BCUT2D eigenvalue weighted by atomic mass is 19.1. The Balaban J connectivity index is 1.57. The van der Waals surface area contributed by atoms with E-state index in [2.05, 4.69) is 10.6 Å². The summed E-state index contributed by atoms with van der Waals surface area (Å²) >= 11 is 0. The Hall–Kier alpha value is -3.22. The smallest absolute Gasteiger partial charge is 0.249 e. The zero-order chi connectivity index (χ0) is 24.7. The minimum atomic E-state index is -0.741. The van der Waals surface area contributed by atoms with Crippen LogP contribution >= 0.6 is 0 Å². The summed E-state index contributed by atoms with van der Waals surface area (Å²) in [5, 5.41) is 5.79. The lowest BCUT2D eigenvalue weighted by Crippen LogP contribution is -2.48. The Kier molecular flexibility index (Phi) is 8.79. The zero-order valence-corrected chi connectivity index (χ0v) is 20.1. The van der Waals surface area contributed by atoms with Gasteiger partial charge in [0, 0.05) is 32.0 Å². The number of benzene rings is 2. The fourth-order valence-electron chi connectivity index (χ4n) is 4.15. The van der Waals surface area contributed by atoms with Crippen LogP contribution < -0.4 is 10.6 Å². The number of halogens is 1. The Morgan fingerprint density at radius 3 is 2.35 bits per heavy atom. The molecule has 0 bridgehead atoms. The van der Waals surface area contributed by atoms with Gasteiger partial charge in [0.1, 0.15) is 11.9 Å². The molecule has 3 amide bonds. The molecule has 1 saturated heterocycles. The maximum atomic E-state index is 13.7. The largest absolute Gasteiger partial charge is 0.352 e. The monoisotopic (exact) mass is 467 g/mol. The van der Waals surface area contributed by atoms with E-state index >= 15 is 0 Å². The predicted octanol–water partition coefficient (Wildman–Crippen LogP) is 3.89. The van der Waals surface area contributed by atoms with Crippen LogP contribution in [0.4, 0.5) is 4.39 Å². The van der Waals surface area contributed by atoms with Crippen molar-refractivity contribution in [3.63, 3.8) is 0 Å². The molecule has 182 valence electrons. The molecule has 2 N–H and O–H groups in total. The molecule has 1 atom stereocenters. The van der Waals surface area contributed by atoms with E-state index in [0.29, 0.717) is 43.5 Å². The van der Waals surface area contributed by atoms with Crippen molar-refractivity contribution in [1.82, 2.24) is 15.5 Å². The molecule has 3 rings (SSSR count). The first kappa shape index (κ1) is 25.4. The standard InChI is InChI=1S/C27H34FN3O3/c1-18(2)15-24(32)30-25(21-7-5-4-6-8-21)27(34)31-13-11-22(12-14-31)26(33)29-17-20-10-9-19(3)23(28)16-20/h4-10,16,18,22,25H,11-15,17H2,1-3H3,(H,29,33)(H,30,32). The molecule has 0 aliphatic carbocycles. The van der Waals surface area contributed by atoms with E-state index < -0.39 is 6.04 Å². The van der Waals surface area contributed by atoms with E-state index in [1.165, 1.54) is 6.07 Å². The quantitative estimate of drug-likeness (QED) is 0.618. The van der Waals surface area contributed by atoms with Crippen molar-refractivity contribution in [1.29, 1.82) is 0 Å². The molecule has 1 unspecified atom stereocenters. The number of hydrogen-bond donors (Lipinski definition) is 2. The van der Waals surface area contributed by atoms with Crippen molar-refractivity contribution in [3.05, 3.63) is 71.0 Å². The summed E-state index contributed by atoms with van der Waals surface area (Å²) in [6.45, 7) is 6.78. The van der Waals surface area contributed by atoms with Crippen molar-refractivity contribution in [2.24, 2.45) is 11.8 Å². The molecule has 6 nitrogen and oxygen atoms in total. The van der Waals surface area contributed by atoms with Crippen molar-refractivity contribution < 1.29 is 18.8 Å².